The molecule has 0 saturated carbocycles. The monoisotopic (exact) mass is 491 g/mol. The van der Waals surface area contributed by atoms with Gasteiger partial charge in [0.05, 0.1) is 35.1 Å². The summed E-state index contributed by atoms with van der Waals surface area (Å²) >= 11 is 2.75. The molecule has 1 N–H and O–H groups in total. The highest BCUT2D eigenvalue weighted by Gasteiger charge is 2.16. The first-order valence-electron chi connectivity index (χ1n) is 10.3. The highest BCUT2D eigenvalue weighted by Crippen LogP contribution is 2.22. The number of amides is 1. The molecule has 0 saturated heterocycles. The Hall–Kier alpha value is -3.76. The minimum absolute atomic E-state index is 0.0240. The number of rotatable bonds is 7. The topological polar surface area (TPSA) is 81.8 Å². The fourth-order valence-electron chi connectivity index (χ4n) is 3.45. The molecule has 0 radical (unpaired) electrons. The maximum Gasteiger partial charge on any atom is 0.266 e. The fraction of sp³-hybridized carbons (Fsp3) is 0.0833. The fourth-order valence-corrected chi connectivity index (χ4v) is 4.95. The summed E-state index contributed by atoms with van der Waals surface area (Å²) in [5.41, 5.74) is 0.721. The Kier molecular flexibility index (Phi) is 6.24. The number of aromatic nitrogens is 4. The lowest BCUT2D eigenvalue weighted by Gasteiger charge is -2.13. The van der Waals surface area contributed by atoms with Gasteiger partial charge in [0.1, 0.15) is 11.6 Å². The van der Waals surface area contributed by atoms with Gasteiger partial charge in [0.25, 0.3) is 5.56 Å². The Bertz CT molecular complexity index is 1510. The van der Waals surface area contributed by atoms with Gasteiger partial charge in [0, 0.05) is 10.9 Å². The van der Waals surface area contributed by atoms with Crippen LogP contribution in [0.4, 0.5) is 10.2 Å². The van der Waals surface area contributed by atoms with Gasteiger partial charge in [-0.05, 0) is 47.8 Å². The summed E-state index contributed by atoms with van der Waals surface area (Å²) < 4.78 is 16.6. The maximum atomic E-state index is 13.5. The molecule has 0 spiro atoms. The SMILES string of the molecule is O=C(CSc1nc2ccccc2c(=O)n1-c1ccc(F)cc1)Nc1ccnn1Cc1cccs1. The number of hydrogen-bond donors (Lipinski definition) is 1. The van der Waals surface area contributed by atoms with E-state index < -0.39 is 5.82 Å². The van der Waals surface area contributed by atoms with Gasteiger partial charge in [-0.3, -0.25) is 14.2 Å². The van der Waals surface area contributed by atoms with Crippen LogP contribution in [-0.4, -0.2) is 31.0 Å². The molecule has 2 aromatic carbocycles. The highest BCUT2D eigenvalue weighted by molar-refractivity contribution is 7.99. The number of nitrogens with zero attached hydrogens (tertiary/aromatic N) is 4. The molecule has 170 valence electrons. The molecular formula is C24H18FN5O2S2. The molecule has 5 aromatic rings. The molecule has 7 nitrogen and oxygen atoms in total. The van der Waals surface area contributed by atoms with Gasteiger partial charge in [0.2, 0.25) is 5.91 Å². The van der Waals surface area contributed by atoms with Crippen LogP contribution in [0.5, 0.6) is 0 Å². The Morgan fingerprint density at radius 2 is 1.88 bits per heavy atom. The van der Waals surface area contributed by atoms with Gasteiger partial charge in [-0.2, -0.15) is 5.10 Å². The van der Waals surface area contributed by atoms with E-state index >= 15 is 0 Å². The van der Waals surface area contributed by atoms with Gasteiger partial charge in [0.15, 0.2) is 5.16 Å². The number of thiophene rings is 1. The van der Waals surface area contributed by atoms with Crippen molar-refractivity contribution < 1.29 is 9.18 Å². The van der Waals surface area contributed by atoms with E-state index in [0.717, 1.165) is 16.6 Å². The first-order chi connectivity index (χ1) is 16.6. The molecule has 0 atom stereocenters. The normalized spacial score (nSPS) is 11.1. The summed E-state index contributed by atoms with van der Waals surface area (Å²) in [6, 6.07) is 18.3. The zero-order chi connectivity index (χ0) is 23.5. The zero-order valence-electron chi connectivity index (χ0n) is 17.7. The second-order valence-corrected chi connectivity index (χ2v) is 9.29. The Morgan fingerprint density at radius 1 is 1.06 bits per heavy atom. The number of hydrogen-bond acceptors (Lipinski definition) is 6. The van der Waals surface area contributed by atoms with E-state index in [-0.39, 0.29) is 17.2 Å². The second kappa shape index (κ2) is 9.62. The van der Waals surface area contributed by atoms with Gasteiger partial charge in [-0.15, -0.1) is 11.3 Å². The van der Waals surface area contributed by atoms with Gasteiger partial charge < -0.3 is 5.32 Å². The van der Waals surface area contributed by atoms with Crippen LogP contribution in [0.3, 0.4) is 0 Å². The molecule has 0 aliphatic carbocycles. The van der Waals surface area contributed by atoms with Gasteiger partial charge in [-0.1, -0.05) is 30.0 Å². The smallest absolute Gasteiger partial charge is 0.266 e. The van der Waals surface area contributed by atoms with Crippen molar-refractivity contribution in [2.75, 3.05) is 11.1 Å². The predicted octanol–water partition coefficient (Wildman–Crippen LogP) is 4.56. The van der Waals surface area contributed by atoms with Crippen molar-refractivity contribution >= 4 is 45.7 Å². The van der Waals surface area contributed by atoms with Crippen LogP contribution in [0, 0.1) is 5.82 Å². The van der Waals surface area contributed by atoms with Crippen LogP contribution < -0.4 is 10.9 Å². The molecule has 3 aromatic heterocycles. The molecule has 3 heterocycles. The average Bonchev–Trinajstić information content (AvgIpc) is 3.51. The number of halogens is 1. The van der Waals surface area contributed by atoms with Gasteiger partial charge >= 0.3 is 0 Å². The summed E-state index contributed by atoms with van der Waals surface area (Å²) in [6.45, 7) is 0.559. The predicted molar refractivity (Wildman–Crippen MR) is 132 cm³/mol. The number of nitrogens with one attached hydrogen (secondary N) is 1. The summed E-state index contributed by atoms with van der Waals surface area (Å²) in [7, 11) is 0. The number of carbonyl (C=O) groups is 1. The molecule has 0 bridgehead atoms. The van der Waals surface area contributed by atoms with E-state index in [1.54, 1.807) is 52.5 Å². The minimum atomic E-state index is -0.404. The lowest BCUT2D eigenvalue weighted by Crippen LogP contribution is -2.23. The molecule has 0 aliphatic heterocycles. The molecule has 1 amide bonds. The zero-order valence-corrected chi connectivity index (χ0v) is 19.4. The number of carbonyl (C=O) groups excluding carboxylic acids is 1. The van der Waals surface area contributed by atoms with Crippen LogP contribution in [-0.2, 0) is 11.3 Å². The maximum absolute atomic E-state index is 13.5. The Labute approximate surface area is 201 Å². The molecular weight excluding hydrogens is 473 g/mol. The summed E-state index contributed by atoms with van der Waals surface area (Å²) in [6.07, 6.45) is 1.63. The van der Waals surface area contributed by atoms with E-state index in [1.165, 1.54) is 28.8 Å². The van der Waals surface area contributed by atoms with Crippen molar-refractivity contribution in [3.63, 3.8) is 0 Å². The highest BCUT2D eigenvalue weighted by atomic mass is 32.2. The standard InChI is InChI=1S/C24H18FN5O2S2/c25-16-7-9-17(10-8-16)30-23(32)19-5-1-2-6-20(19)27-24(30)34-15-22(31)28-21-11-12-26-29(21)14-18-4-3-13-33-18/h1-13H,14-15H2,(H,28,31). The van der Waals surface area contributed by atoms with E-state index in [9.17, 15) is 14.0 Å². The summed E-state index contributed by atoms with van der Waals surface area (Å²) in [4.78, 5) is 31.7. The largest absolute Gasteiger partial charge is 0.310 e. The number of para-hydroxylation sites is 1. The van der Waals surface area contributed by atoms with Crippen molar-refractivity contribution in [2.45, 2.75) is 11.7 Å². The first-order valence-corrected chi connectivity index (χ1v) is 12.2. The van der Waals surface area contributed by atoms with E-state index in [2.05, 4.69) is 15.4 Å². The molecule has 5 rings (SSSR count). The third-order valence-corrected chi connectivity index (χ3v) is 6.83. The second-order valence-electron chi connectivity index (χ2n) is 7.32. The molecule has 10 heteroatoms. The van der Waals surface area contributed by atoms with E-state index in [0.29, 0.717) is 34.1 Å². The average molecular weight is 492 g/mol. The number of benzene rings is 2. The molecule has 0 unspecified atom stereocenters. The van der Waals surface area contributed by atoms with Crippen LogP contribution in [0.2, 0.25) is 0 Å². The van der Waals surface area contributed by atoms with Crippen molar-refractivity contribution in [2.24, 2.45) is 0 Å². The third kappa shape index (κ3) is 4.63. The van der Waals surface area contributed by atoms with Crippen LogP contribution in [0.15, 0.2) is 88.3 Å². The lowest BCUT2D eigenvalue weighted by atomic mass is 10.2. The van der Waals surface area contributed by atoms with E-state index in [4.69, 9.17) is 0 Å². The number of thioether (sulfide) groups is 1. The van der Waals surface area contributed by atoms with Crippen molar-refractivity contribution in [3.05, 3.63) is 99.4 Å². The van der Waals surface area contributed by atoms with Crippen molar-refractivity contribution in [1.29, 1.82) is 0 Å². The first kappa shape index (κ1) is 22.1. The summed E-state index contributed by atoms with van der Waals surface area (Å²) in [5.74, 6) is -0.0541. The number of anilines is 1. The molecule has 0 aliphatic rings. The third-order valence-electron chi connectivity index (χ3n) is 5.03. The van der Waals surface area contributed by atoms with Gasteiger partial charge in [-0.25, -0.2) is 14.1 Å². The lowest BCUT2D eigenvalue weighted by molar-refractivity contribution is -0.113. The Morgan fingerprint density at radius 3 is 2.68 bits per heavy atom. The number of fused-ring (bicyclic) bond motifs is 1. The molecule has 34 heavy (non-hydrogen) atoms. The van der Waals surface area contributed by atoms with E-state index in [1.807, 2.05) is 17.5 Å². The molecule has 0 fully saturated rings. The quantitative estimate of drug-likeness (QED) is 0.267. The minimum Gasteiger partial charge on any atom is -0.310 e. The van der Waals surface area contributed by atoms with Crippen LogP contribution in [0.1, 0.15) is 4.88 Å². The Balaban J connectivity index is 1.39. The van der Waals surface area contributed by atoms with Crippen LogP contribution in [0.25, 0.3) is 16.6 Å². The van der Waals surface area contributed by atoms with Crippen LogP contribution >= 0.6 is 23.1 Å². The summed E-state index contributed by atoms with van der Waals surface area (Å²) in [5, 5.41) is 9.93. The van der Waals surface area contributed by atoms with Crippen molar-refractivity contribution in [1.82, 2.24) is 19.3 Å². The van der Waals surface area contributed by atoms with Crippen molar-refractivity contribution in [3.8, 4) is 5.69 Å².